The first-order chi connectivity index (χ1) is 23.3. The van der Waals surface area contributed by atoms with Crippen LogP contribution in [0.1, 0.15) is 26.3 Å². The minimum atomic E-state index is -2.07. The van der Waals surface area contributed by atoms with Crippen molar-refractivity contribution in [2.24, 2.45) is 0 Å². The van der Waals surface area contributed by atoms with E-state index in [1.165, 1.54) is 18.2 Å². The maximum atomic E-state index is 14.0. The Hall–Kier alpha value is -4.25. The molecule has 2 N–H and O–H groups in total. The van der Waals surface area contributed by atoms with Crippen LogP contribution in [0.4, 0.5) is 26.7 Å². The van der Waals surface area contributed by atoms with Crippen molar-refractivity contribution in [2.45, 2.75) is 84.2 Å². The van der Waals surface area contributed by atoms with Gasteiger partial charge in [-0.05, 0) is 102 Å². The molecule has 0 unspecified atom stereocenters. The summed E-state index contributed by atoms with van der Waals surface area (Å²) in [6.07, 6.45) is -0.454. The van der Waals surface area contributed by atoms with Crippen LogP contribution in [0.2, 0.25) is 39.3 Å². The molecule has 2 atom stereocenters. The Morgan fingerprint density at radius 2 is 1.48 bits per heavy atom. The van der Waals surface area contributed by atoms with E-state index in [1.807, 2.05) is 63.2 Å². The van der Waals surface area contributed by atoms with Gasteiger partial charge in [-0.25, -0.2) is 9.59 Å². The third-order valence-corrected chi connectivity index (χ3v) is 8.95. The van der Waals surface area contributed by atoms with Gasteiger partial charge in [0.15, 0.2) is 16.6 Å². The number of nitro benzene ring substituents is 1. The van der Waals surface area contributed by atoms with E-state index in [9.17, 15) is 19.7 Å². The Bertz CT molecular complexity index is 1560. The van der Waals surface area contributed by atoms with Crippen LogP contribution in [0.3, 0.4) is 0 Å². The molecule has 272 valence electrons. The second kappa shape index (κ2) is 17.6. The van der Waals surface area contributed by atoms with Crippen LogP contribution in [0, 0.1) is 10.1 Å². The van der Waals surface area contributed by atoms with E-state index in [2.05, 4.69) is 49.9 Å². The van der Waals surface area contributed by atoms with E-state index in [0.29, 0.717) is 30.2 Å². The molecule has 0 spiro atoms. The largest absolute Gasteiger partial charge is 0.491 e. The van der Waals surface area contributed by atoms with Crippen LogP contribution in [-0.2, 0) is 20.0 Å². The molecule has 3 aromatic rings. The Labute approximate surface area is 297 Å². The zero-order valence-corrected chi connectivity index (χ0v) is 32.6. The van der Waals surface area contributed by atoms with Gasteiger partial charge >= 0.3 is 12.1 Å². The number of amides is 3. The second-order valence-electron chi connectivity index (χ2n) is 15.0. The summed E-state index contributed by atoms with van der Waals surface area (Å²) in [7, 11) is -4.06. The van der Waals surface area contributed by atoms with E-state index in [0.717, 1.165) is 5.56 Å². The van der Waals surface area contributed by atoms with Crippen molar-refractivity contribution in [3.63, 3.8) is 0 Å². The van der Waals surface area contributed by atoms with E-state index < -0.39 is 51.4 Å². The minimum Gasteiger partial charge on any atom is -0.491 e. The van der Waals surface area contributed by atoms with Gasteiger partial charge < -0.3 is 29.0 Å². The number of hydrogen-bond acceptors (Lipinski definition) is 8. The van der Waals surface area contributed by atoms with Gasteiger partial charge in [-0.3, -0.25) is 15.0 Å². The van der Waals surface area contributed by atoms with Crippen molar-refractivity contribution in [3.8, 4) is 5.75 Å². The quantitative estimate of drug-likeness (QED) is 0.0851. The van der Waals surface area contributed by atoms with E-state index in [1.54, 1.807) is 23.1 Å². The molecule has 0 aromatic heterocycles. The summed E-state index contributed by atoms with van der Waals surface area (Å²) < 4.78 is 25.1. The number of nitrogens with zero attached hydrogens (tertiary/aromatic N) is 2. The molecular weight excluding hydrogens is 673 g/mol. The van der Waals surface area contributed by atoms with E-state index in [-0.39, 0.29) is 18.8 Å². The summed E-state index contributed by atoms with van der Waals surface area (Å²) in [6.45, 7) is 18.9. The predicted octanol–water partition coefficient (Wildman–Crippen LogP) is 8.54. The van der Waals surface area contributed by atoms with Gasteiger partial charge in [0.1, 0.15) is 18.0 Å². The molecular formula is C36H52N4O8Si2. The number of urea groups is 1. The molecule has 14 heteroatoms. The van der Waals surface area contributed by atoms with Crippen molar-refractivity contribution in [2.75, 3.05) is 30.4 Å². The maximum Gasteiger partial charge on any atom is 0.410 e. The number of carbonyl (C=O) groups is 2. The molecule has 3 rings (SSSR count). The standard InChI is InChI=1S/C36H52N4O8Si2/c1-36(2,3)47-35(42)39(24-33(48-50(7,8)9)26-45-32-16-11-10-12-17-32)31(25-46-49(4,5)6)22-27-18-20-28(21-19-27)37-34(41)38-29-14-13-15-30(23-29)40(43)44/h10-21,23,31,33H,22,24-26H2,1-9H3,(H2,37,38,41)/t31-,33-/m0/s1. The van der Waals surface area contributed by atoms with Crippen molar-refractivity contribution < 1.29 is 32.8 Å². The summed E-state index contributed by atoms with van der Waals surface area (Å²) in [5.41, 5.74) is 0.884. The van der Waals surface area contributed by atoms with Gasteiger partial charge in [-0.2, -0.15) is 0 Å². The fourth-order valence-corrected chi connectivity index (χ4v) is 6.67. The molecule has 0 bridgehead atoms. The van der Waals surface area contributed by atoms with Crippen LogP contribution in [0.15, 0.2) is 78.9 Å². The highest BCUT2D eigenvalue weighted by atomic mass is 28.4. The van der Waals surface area contributed by atoms with E-state index >= 15 is 0 Å². The molecule has 0 heterocycles. The van der Waals surface area contributed by atoms with Gasteiger partial charge in [0, 0.05) is 23.5 Å². The summed E-state index contributed by atoms with van der Waals surface area (Å²) in [5.74, 6) is 0.714. The van der Waals surface area contributed by atoms with Crippen molar-refractivity contribution in [1.82, 2.24) is 4.90 Å². The number of benzene rings is 3. The lowest BCUT2D eigenvalue weighted by Crippen LogP contribution is -2.53. The fraction of sp³-hybridized carbons (Fsp3) is 0.444. The lowest BCUT2D eigenvalue weighted by Gasteiger charge is -2.38. The number of non-ortho nitro benzene ring substituents is 1. The molecule has 0 aliphatic rings. The number of rotatable bonds is 16. The Morgan fingerprint density at radius 3 is 2.06 bits per heavy atom. The topological polar surface area (TPSA) is 142 Å². The third kappa shape index (κ3) is 15.1. The molecule has 0 saturated heterocycles. The average Bonchev–Trinajstić information content (AvgIpc) is 3.00. The lowest BCUT2D eigenvalue weighted by molar-refractivity contribution is -0.384. The normalized spacial score (nSPS) is 13.1. The highest BCUT2D eigenvalue weighted by Gasteiger charge is 2.34. The predicted molar refractivity (Wildman–Crippen MR) is 202 cm³/mol. The number of para-hydroxylation sites is 1. The summed E-state index contributed by atoms with van der Waals surface area (Å²) in [4.78, 5) is 38.9. The van der Waals surface area contributed by atoms with Crippen LogP contribution < -0.4 is 15.4 Å². The Morgan fingerprint density at radius 1 is 0.840 bits per heavy atom. The maximum absolute atomic E-state index is 14.0. The number of anilines is 2. The van der Waals surface area contributed by atoms with Gasteiger partial charge in [0.2, 0.25) is 0 Å². The zero-order chi connectivity index (χ0) is 37.1. The number of ether oxygens (including phenoxy) is 2. The van der Waals surface area contributed by atoms with Crippen LogP contribution in [-0.4, -0.2) is 76.1 Å². The average molecular weight is 725 g/mol. The number of hydrogen-bond donors (Lipinski definition) is 2. The van der Waals surface area contributed by atoms with Gasteiger partial charge in [0.25, 0.3) is 5.69 Å². The molecule has 50 heavy (non-hydrogen) atoms. The van der Waals surface area contributed by atoms with Crippen LogP contribution >= 0.6 is 0 Å². The first-order valence-corrected chi connectivity index (χ1v) is 23.5. The van der Waals surface area contributed by atoms with Crippen molar-refractivity contribution in [3.05, 3.63) is 94.5 Å². The molecule has 12 nitrogen and oxygen atoms in total. The fourth-order valence-electron chi connectivity index (χ4n) is 4.83. The lowest BCUT2D eigenvalue weighted by atomic mass is 10.0. The highest BCUT2D eigenvalue weighted by molar-refractivity contribution is 6.70. The second-order valence-corrected chi connectivity index (χ2v) is 23.9. The Balaban J connectivity index is 1.85. The molecule has 3 amide bonds. The highest BCUT2D eigenvalue weighted by Crippen LogP contribution is 2.22. The molecule has 3 aromatic carbocycles. The van der Waals surface area contributed by atoms with Gasteiger partial charge in [-0.15, -0.1) is 0 Å². The summed E-state index contributed by atoms with van der Waals surface area (Å²) in [5, 5.41) is 16.5. The third-order valence-electron chi connectivity index (χ3n) is 6.88. The molecule has 0 fully saturated rings. The van der Waals surface area contributed by atoms with Crippen molar-refractivity contribution >= 4 is 45.8 Å². The number of carbonyl (C=O) groups excluding carboxylic acids is 2. The van der Waals surface area contributed by atoms with E-state index in [4.69, 9.17) is 18.3 Å². The number of nitrogens with one attached hydrogen (secondary N) is 2. The van der Waals surface area contributed by atoms with Crippen LogP contribution in [0.5, 0.6) is 5.75 Å². The van der Waals surface area contributed by atoms with Gasteiger partial charge in [0.05, 0.1) is 30.2 Å². The molecule has 0 aliphatic carbocycles. The Kier molecular flexibility index (Phi) is 14.2. The monoisotopic (exact) mass is 724 g/mol. The SMILES string of the molecule is CC(C)(C)OC(=O)N(C[C@@H](COc1ccccc1)O[Si](C)(C)C)[C@H](CO[Si](C)(C)C)Cc1ccc(NC(=O)Nc2cccc([N+](=O)[O-])c2)cc1. The molecule has 0 aliphatic heterocycles. The smallest absolute Gasteiger partial charge is 0.410 e. The molecule has 0 radical (unpaired) electrons. The molecule has 0 saturated carbocycles. The first-order valence-electron chi connectivity index (χ1n) is 16.7. The van der Waals surface area contributed by atoms with Gasteiger partial charge in [-0.1, -0.05) is 36.4 Å². The summed E-state index contributed by atoms with van der Waals surface area (Å²) >= 11 is 0. The first kappa shape index (κ1) is 40.2. The minimum absolute atomic E-state index is 0.123. The number of nitro groups is 1. The van der Waals surface area contributed by atoms with Crippen LogP contribution in [0.25, 0.3) is 0 Å². The van der Waals surface area contributed by atoms with Crippen molar-refractivity contribution in [1.29, 1.82) is 0 Å². The summed E-state index contributed by atoms with van der Waals surface area (Å²) in [6, 6.07) is 21.6. The zero-order valence-electron chi connectivity index (χ0n) is 30.6.